The van der Waals surface area contributed by atoms with Crippen LogP contribution in [0.3, 0.4) is 0 Å². The highest BCUT2D eigenvalue weighted by molar-refractivity contribution is 7.19. The molecule has 1 aromatic heterocycles. The van der Waals surface area contributed by atoms with Gasteiger partial charge in [-0.2, -0.15) is 0 Å². The fraction of sp³-hybridized carbons (Fsp3) is 0.529. The van der Waals surface area contributed by atoms with Gasteiger partial charge < -0.3 is 5.32 Å². The van der Waals surface area contributed by atoms with Crippen molar-refractivity contribution in [3.05, 3.63) is 33.7 Å². The Kier molecular flexibility index (Phi) is 2.71. The highest BCUT2D eigenvalue weighted by Crippen LogP contribution is 2.49. The average molecular weight is 271 g/mol. The fourth-order valence-electron chi connectivity index (χ4n) is 3.03. The minimum Gasteiger partial charge on any atom is -0.309 e. The van der Waals surface area contributed by atoms with Crippen LogP contribution in [0.25, 0.3) is 10.1 Å². The van der Waals surface area contributed by atoms with E-state index >= 15 is 0 Å². The molecule has 19 heavy (non-hydrogen) atoms. The van der Waals surface area contributed by atoms with Gasteiger partial charge in [-0.1, -0.05) is 12.1 Å². The van der Waals surface area contributed by atoms with Crippen molar-refractivity contribution >= 4 is 21.4 Å². The summed E-state index contributed by atoms with van der Waals surface area (Å²) in [5.41, 5.74) is 4.61. The molecule has 2 aromatic rings. The minimum absolute atomic E-state index is 0.805. The molecule has 0 radical (unpaired) electrons. The van der Waals surface area contributed by atoms with Gasteiger partial charge in [-0.25, -0.2) is 0 Å². The van der Waals surface area contributed by atoms with Gasteiger partial charge in [0.2, 0.25) is 0 Å². The van der Waals surface area contributed by atoms with Crippen molar-refractivity contribution in [2.75, 3.05) is 0 Å². The molecule has 1 heterocycles. The molecule has 2 saturated carbocycles. The van der Waals surface area contributed by atoms with Gasteiger partial charge in [-0.05, 0) is 67.5 Å². The molecule has 0 amide bonds. The molecular weight excluding hydrogens is 250 g/mol. The van der Waals surface area contributed by atoms with E-state index in [0.29, 0.717) is 0 Å². The Labute approximate surface area is 119 Å². The Morgan fingerprint density at radius 2 is 1.84 bits per heavy atom. The first-order valence-electron chi connectivity index (χ1n) is 7.49. The van der Waals surface area contributed by atoms with E-state index in [4.69, 9.17) is 0 Å². The second kappa shape index (κ2) is 4.32. The lowest BCUT2D eigenvalue weighted by atomic mass is 10.00. The third-order valence-corrected chi connectivity index (χ3v) is 5.81. The Balaban J connectivity index is 1.83. The predicted octanol–water partition coefficient (Wildman–Crippen LogP) is 4.65. The highest BCUT2D eigenvalue weighted by atomic mass is 32.1. The summed E-state index contributed by atoms with van der Waals surface area (Å²) in [5, 5.41) is 5.29. The Bertz CT molecular complexity index is 632. The molecule has 0 spiro atoms. The Morgan fingerprint density at radius 1 is 1.11 bits per heavy atom. The van der Waals surface area contributed by atoms with Gasteiger partial charge in [0, 0.05) is 22.2 Å². The zero-order valence-electron chi connectivity index (χ0n) is 11.8. The Hall–Kier alpha value is -0.860. The van der Waals surface area contributed by atoms with Crippen LogP contribution in [0.1, 0.15) is 53.2 Å². The normalized spacial score (nSPS) is 19.3. The number of rotatable bonds is 4. The van der Waals surface area contributed by atoms with Gasteiger partial charge in [0.05, 0.1) is 0 Å². The monoisotopic (exact) mass is 271 g/mol. The topological polar surface area (TPSA) is 12.0 Å². The Morgan fingerprint density at radius 3 is 2.53 bits per heavy atom. The summed E-state index contributed by atoms with van der Waals surface area (Å²) in [6, 6.07) is 5.39. The SMILES string of the molecule is Cc1ccc(C)c2c(C3CC3)c(CNC3CC3)sc12. The van der Waals surface area contributed by atoms with Crippen molar-refractivity contribution < 1.29 is 0 Å². The summed E-state index contributed by atoms with van der Waals surface area (Å²) in [6.45, 7) is 5.63. The number of benzene rings is 1. The van der Waals surface area contributed by atoms with Gasteiger partial charge in [-0.3, -0.25) is 0 Å². The quantitative estimate of drug-likeness (QED) is 0.853. The molecule has 4 rings (SSSR count). The minimum atomic E-state index is 0.805. The van der Waals surface area contributed by atoms with E-state index in [9.17, 15) is 0 Å². The summed E-state index contributed by atoms with van der Waals surface area (Å²) >= 11 is 2.04. The van der Waals surface area contributed by atoms with Crippen LogP contribution in [0.2, 0.25) is 0 Å². The number of aryl methyl sites for hydroxylation is 2. The molecule has 100 valence electrons. The fourth-order valence-corrected chi connectivity index (χ4v) is 4.41. The molecule has 0 unspecified atom stereocenters. The maximum absolute atomic E-state index is 3.71. The van der Waals surface area contributed by atoms with Crippen molar-refractivity contribution in [3.63, 3.8) is 0 Å². The molecule has 0 saturated heterocycles. The van der Waals surface area contributed by atoms with Crippen LogP contribution >= 0.6 is 11.3 Å². The van der Waals surface area contributed by atoms with E-state index in [1.807, 2.05) is 11.3 Å². The van der Waals surface area contributed by atoms with Crippen LogP contribution in [0, 0.1) is 13.8 Å². The van der Waals surface area contributed by atoms with E-state index in [1.165, 1.54) is 41.5 Å². The van der Waals surface area contributed by atoms with Crippen molar-refractivity contribution in [1.29, 1.82) is 0 Å². The largest absolute Gasteiger partial charge is 0.309 e. The van der Waals surface area contributed by atoms with Crippen molar-refractivity contribution in [1.82, 2.24) is 5.32 Å². The molecule has 2 aliphatic rings. The first-order valence-corrected chi connectivity index (χ1v) is 8.30. The summed E-state index contributed by atoms with van der Waals surface area (Å²) < 4.78 is 1.54. The van der Waals surface area contributed by atoms with Gasteiger partial charge in [0.25, 0.3) is 0 Å². The lowest BCUT2D eigenvalue weighted by molar-refractivity contribution is 0.691. The van der Waals surface area contributed by atoms with Crippen LogP contribution in [-0.4, -0.2) is 6.04 Å². The maximum Gasteiger partial charge on any atom is 0.0381 e. The van der Waals surface area contributed by atoms with Crippen LogP contribution in [-0.2, 0) is 6.54 Å². The van der Waals surface area contributed by atoms with E-state index in [1.54, 1.807) is 15.8 Å². The zero-order valence-corrected chi connectivity index (χ0v) is 12.6. The molecule has 0 bridgehead atoms. The van der Waals surface area contributed by atoms with Crippen molar-refractivity contribution in [2.45, 2.75) is 58.0 Å². The van der Waals surface area contributed by atoms with E-state index in [0.717, 1.165) is 18.5 Å². The molecule has 1 N–H and O–H groups in total. The maximum atomic E-state index is 3.71. The second-order valence-electron chi connectivity index (χ2n) is 6.27. The molecule has 2 heteroatoms. The van der Waals surface area contributed by atoms with Crippen LogP contribution < -0.4 is 5.32 Å². The summed E-state index contributed by atoms with van der Waals surface area (Å²) in [4.78, 5) is 1.61. The summed E-state index contributed by atoms with van der Waals surface area (Å²) in [7, 11) is 0. The molecule has 1 aromatic carbocycles. The average Bonchev–Trinajstić information content (AvgIpc) is 3.30. The molecule has 0 aliphatic heterocycles. The molecular formula is C17H21NS. The predicted molar refractivity (Wildman–Crippen MR) is 83.1 cm³/mol. The third-order valence-electron chi connectivity index (χ3n) is 4.47. The molecule has 2 fully saturated rings. The number of nitrogens with one attached hydrogen (secondary N) is 1. The zero-order chi connectivity index (χ0) is 13.0. The van der Waals surface area contributed by atoms with Gasteiger partial charge in [-0.15, -0.1) is 11.3 Å². The third kappa shape index (κ3) is 2.11. The van der Waals surface area contributed by atoms with Gasteiger partial charge in [0.1, 0.15) is 0 Å². The first-order chi connectivity index (χ1) is 9.24. The van der Waals surface area contributed by atoms with E-state index in [-0.39, 0.29) is 0 Å². The summed E-state index contributed by atoms with van der Waals surface area (Å²) in [6.07, 6.45) is 5.55. The smallest absolute Gasteiger partial charge is 0.0381 e. The second-order valence-corrected chi connectivity index (χ2v) is 7.38. The van der Waals surface area contributed by atoms with E-state index in [2.05, 4.69) is 31.3 Å². The van der Waals surface area contributed by atoms with Crippen LogP contribution in [0.4, 0.5) is 0 Å². The number of hydrogen-bond donors (Lipinski definition) is 1. The standard InChI is InChI=1S/C17H21NS/c1-10-3-4-11(2)17-15(10)16(12-5-6-12)14(19-17)9-18-13-7-8-13/h3-4,12-13,18H,5-9H2,1-2H3. The first kappa shape index (κ1) is 11.9. The lowest BCUT2D eigenvalue weighted by Gasteiger charge is -2.06. The molecule has 2 aliphatic carbocycles. The van der Waals surface area contributed by atoms with E-state index < -0.39 is 0 Å². The van der Waals surface area contributed by atoms with Gasteiger partial charge >= 0.3 is 0 Å². The number of hydrogen-bond acceptors (Lipinski definition) is 2. The molecule has 0 atom stereocenters. The summed E-state index contributed by atoms with van der Waals surface area (Å²) in [5.74, 6) is 0.852. The molecule has 1 nitrogen and oxygen atoms in total. The van der Waals surface area contributed by atoms with Crippen molar-refractivity contribution in [3.8, 4) is 0 Å². The lowest BCUT2D eigenvalue weighted by Crippen LogP contribution is -2.15. The number of fused-ring (bicyclic) bond motifs is 1. The highest BCUT2D eigenvalue weighted by Gasteiger charge is 2.31. The van der Waals surface area contributed by atoms with Crippen molar-refractivity contribution in [2.24, 2.45) is 0 Å². The van der Waals surface area contributed by atoms with Crippen LogP contribution in [0.5, 0.6) is 0 Å². The van der Waals surface area contributed by atoms with Crippen LogP contribution in [0.15, 0.2) is 12.1 Å². The number of thiophene rings is 1. The van der Waals surface area contributed by atoms with Gasteiger partial charge in [0.15, 0.2) is 0 Å².